The van der Waals surface area contributed by atoms with Crippen LogP contribution >= 0.6 is 35.3 Å². The topological polar surface area (TPSA) is 68.0 Å². The Morgan fingerprint density at radius 2 is 2.18 bits per heavy atom. The van der Waals surface area contributed by atoms with Crippen molar-refractivity contribution in [1.82, 2.24) is 10.3 Å². The number of nitrogens with zero attached hydrogens (tertiary/aromatic N) is 1. The molecule has 22 heavy (non-hydrogen) atoms. The van der Waals surface area contributed by atoms with Crippen LogP contribution in [0.2, 0.25) is 5.02 Å². The number of amides is 1. The van der Waals surface area contributed by atoms with Crippen LogP contribution in [0.1, 0.15) is 34.9 Å². The van der Waals surface area contributed by atoms with Gasteiger partial charge in [0.05, 0.1) is 10.5 Å². The molecule has 0 bridgehead atoms. The molecule has 0 saturated heterocycles. The van der Waals surface area contributed by atoms with E-state index in [2.05, 4.69) is 10.3 Å². The standard InChI is InChI=1S/C15H18ClN3OS.ClH/c1-15(2,10-4-3-5-11(16)8-10)19-14(20)12-9-21-13(18-12)6-7-17;/h3-5,8-9H,6-7,17H2,1-2H3,(H,19,20);1H. The highest BCUT2D eigenvalue weighted by molar-refractivity contribution is 7.09. The van der Waals surface area contributed by atoms with Crippen LogP contribution in [0.15, 0.2) is 29.6 Å². The molecule has 0 unspecified atom stereocenters. The highest BCUT2D eigenvalue weighted by atomic mass is 35.5. The largest absolute Gasteiger partial charge is 0.342 e. The third-order valence-electron chi connectivity index (χ3n) is 3.11. The number of benzene rings is 1. The van der Waals surface area contributed by atoms with Gasteiger partial charge < -0.3 is 11.1 Å². The van der Waals surface area contributed by atoms with Gasteiger partial charge in [0, 0.05) is 16.8 Å². The van der Waals surface area contributed by atoms with Gasteiger partial charge in [-0.15, -0.1) is 23.7 Å². The summed E-state index contributed by atoms with van der Waals surface area (Å²) in [7, 11) is 0. The number of halogens is 2. The fourth-order valence-electron chi connectivity index (χ4n) is 1.95. The fraction of sp³-hybridized carbons (Fsp3) is 0.333. The van der Waals surface area contributed by atoms with Gasteiger partial charge in [-0.1, -0.05) is 23.7 Å². The second-order valence-electron chi connectivity index (χ2n) is 5.25. The number of hydrogen-bond acceptors (Lipinski definition) is 4. The van der Waals surface area contributed by atoms with E-state index >= 15 is 0 Å². The summed E-state index contributed by atoms with van der Waals surface area (Å²) in [5.41, 5.74) is 6.34. The van der Waals surface area contributed by atoms with E-state index in [1.54, 1.807) is 5.38 Å². The maximum absolute atomic E-state index is 12.3. The molecule has 120 valence electrons. The first kappa shape index (κ1) is 18.9. The molecule has 7 heteroatoms. The molecule has 0 aliphatic carbocycles. The van der Waals surface area contributed by atoms with Crippen molar-refractivity contribution in [1.29, 1.82) is 0 Å². The summed E-state index contributed by atoms with van der Waals surface area (Å²) in [6.45, 7) is 4.40. The number of carbonyl (C=O) groups is 1. The Morgan fingerprint density at radius 3 is 2.82 bits per heavy atom. The second kappa shape index (κ2) is 7.92. The molecule has 0 atom stereocenters. The molecule has 0 radical (unpaired) electrons. The highest BCUT2D eigenvalue weighted by Gasteiger charge is 2.24. The van der Waals surface area contributed by atoms with E-state index in [0.717, 1.165) is 10.6 Å². The van der Waals surface area contributed by atoms with Crippen LogP contribution in [-0.4, -0.2) is 17.4 Å². The van der Waals surface area contributed by atoms with Gasteiger partial charge in [0.2, 0.25) is 0 Å². The zero-order valence-corrected chi connectivity index (χ0v) is 14.8. The molecule has 0 aliphatic rings. The number of rotatable bonds is 5. The molecule has 0 aliphatic heterocycles. The van der Waals surface area contributed by atoms with E-state index in [9.17, 15) is 4.79 Å². The molecule has 2 rings (SSSR count). The van der Waals surface area contributed by atoms with Gasteiger partial charge in [0.1, 0.15) is 5.69 Å². The normalized spacial score (nSPS) is 10.9. The molecule has 1 aromatic heterocycles. The summed E-state index contributed by atoms with van der Waals surface area (Å²) in [5.74, 6) is -0.195. The monoisotopic (exact) mass is 359 g/mol. The first-order valence-electron chi connectivity index (χ1n) is 6.65. The van der Waals surface area contributed by atoms with Crippen molar-refractivity contribution in [2.75, 3.05) is 6.54 Å². The molecular formula is C15H19Cl2N3OS. The number of aromatic nitrogens is 1. The molecular weight excluding hydrogens is 341 g/mol. The Bertz CT molecular complexity index is 643. The maximum atomic E-state index is 12.3. The Labute approximate surface area is 145 Å². The zero-order chi connectivity index (χ0) is 15.5. The van der Waals surface area contributed by atoms with Crippen LogP contribution < -0.4 is 11.1 Å². The summed E-state index contributed by atoms with van der Waals surface area (Å²) < 4.78 is 0. The van der Waals surface area contributed by atoms with Crippen LogP contribution in [0.25, 0.3) is 0 Å². The van der Waals surface area contributed by atoms with Crippen molar-refractivity contribution in [3.8, 4) is 0 Å². The van der Waals surface area contributed by atoms with Crippen molar-refractivity contribution >= 4 is 41.3 Å². The number of hydrogen-bond donors (Lipinski definition) is 2. The molecule has 1 heterocycles. The Kier molecular flexibility index (Phi) is 6.81. The van der Waals surface area contributed by atoms with Crippen molar-refractivity contribution in [2.24, 2.45) is 5.73 Å². The SMILES string of the molecule is CC(C)(NC(=O)c1csc(CCN)n1)c1cccc(Cl)c1.Cl. The Balaban J connectivity index is 0.00000242. The van der Waals surface area contributed by atoms with Crippen LogP contribution in [0.3, 0.4) is 0 Å². The van der Waals surface area contributed by atoms with E-state index in [1.807, 2.05) is 38.1 Å². The molecule has 4 nitrogen and oxygen atoms in total. The Morgan fingerprint density at radius 1 is 1.45 bits per heavy atom. The summed E-state index contributed by atoms with van der Waals surface area (Å²) in [6.07, 6.45) is 0.690. The first-order chi connectivity index (χ1) is 9.92. The van der Waals surface area contributed by atoms with Gasteiger partial charge in [0.15, 0.2) is 0 Å². The number of nitrogens with one attached hydrogen (secondary N) is 1. The summed E-state index contributed by atoms with van der Waals surface area (Å²) >= 11 is 7.46. The lowest BCUT2D eigenvalue weighted by atomic mass is 9.94. The lowest BCUT2D eigenvalue weighted by Gasteiger charge is -2.26. The summed E-state index contributed by atoms with van der Waals surface area (Å²) in [5, 5.41) is 6.27. The minimum atomic E-state index is -0.528. The van der Waals surface area contributed by atoms with Crippen LogP contribution in [0.4, 0.5) is 0 Å². The highest BCUT2D eigenvalue weighted by Crippen LogP contribution is 2.23. The quantitative estimate of drug-likeness (QED) is 0.859. The molecule has 3 N–H and O–H groups in total. The van der Waals surface area contributed by atoms with E-state index in [-0.39, 0.29) is 18.3 Å². The lowest BCUT2D eigenvalue weighted by Crippen LogP contribution is -2.41. The van der Waals surface area contributed by atoms with E-state index in [4.69, 9.17) is 17.3 Å². The Hall–Kier alpha value is -1.14. The number of carbonyl (C=O) groups excluding carboxylic acids is 1. The summed E-state index contributed by atoms with van der Waals surface area (Å²) in [6, 6.07) is 7.46. The predicted octanol–water partition coefficient (Wildman–Crippen LogP) is 3.38. The van der Waals surface area contributed by atoms with Gasteiger partial charge >= 0.3 is 0 Å². The molecule has 0 saturated carbocycles. The van der Waals surface area contributed by atoms with E-state index < -0.39 is 5.54 Å². The third kappa shape index (κ3) is 4.68. The third-order valence-corrected chi connectivity index (χ3v) is 4.26. The van der Waals surface area contributed by atoms with Crippen molar-refractivity contribution < 1.29 is 4.79 Å². The van der Waals surface area contributed by atoms with Crippen LogP contribution in [0.5, 0.6) is 0 Å². The average molecular weight is 360 g/mol. The van der Waals surface area contributed by atoms with Crippen molar-refractivity contribution in [3.05, 3.63) is 50.9 Å². The molecule has 1 amide bonds. The zero-order valence-electron chi connectivity index (χ0n) is 12.4. The molecule has 0 spiro atoms. The first-order valence-corrected chi connectivity index (χ1v) is 7.91. The smallest absolute Gasteiger partial charge is 0.271 e. The van der Waals surface area contributed by atoms with Crippen LogP contribution in [0, 0.1) is 0 Å². The number of thiazole rings is 1. The minimum absolute atomic E-state index is 0. The maximum Gasteiger partial charge on any atom is 0.271 e. The van der Waals surface area contributed by atoms with Gasteiger partial charge in [-0.2, -0.15) is 0 Å². The fourth-order valence-corrected chi connectivity index (χ4v) is 2.94. The van der Waals surface area contributed by atoms with Gasteiger partial charge in [-0.05, 0) is 38.1 Å². The average Bonchev–Trinajstić information content (AvgIpc) is 2.87. The van der Waals surface area contributed by atoms with Crippen molar-refractivity contribution in [3.63, 3.8) is 0 Å². The summed E-state index contributed by atoms with van der Waals surface area (Å²) in [4.78, 5) is 16.6. The predicted molar refractivity (Wildman–Crippen MR) is 94.1 cm³/mol. The van der Waals surface area contributed by atoms with Gasteiger partial charge in [-0.25, -0.2) is 4.98 Å². The molecule has 0 fully saturated rings. The molecule has 1 aromatic carbocycles. The molecule has 2 aromatic rings. The van der Waals surface area contributed by atoms with Crippen molar-refractivity contribution in [2.45, 2.75) is 25.8 Å². The van der Waals surface area contributed by atoms with Crippen LogP contribution in [-0.2, 0) is 12.0 Å². The van der Waals surface area contributed by atoms with E-state index in [1.165, 1.54) is 11.3 Å². The van der Waals surface area contributed by atoms with E-state index in [0.29, 0.717) is 23.7 Å². The number of nitrogens with two attached hydrogens (primary N) is 1. The minimum Gasteiger partial charge on any atom is -0.342 e. The lowest BCUT2D eigenvalue weighted by molar-refractivity contribution is 0.0907. The van der Waals surface area contributed by atoms with Gasteiger partial charge in [-0.3, -0.25) is 4.79 Å². The second-order valence-corrected chi connectivity index (χ2v) is 6.63. The van der Waals surface area contributed by atoms with Gasteiger partial charge in [0.25, 0.3) is 5.91 Å².